The summed E-state index contributed by atoms with van der Waals surface area (Å²) in [6.45, 7) is 8.01. The molecule has 0 radical (unpaired) electrons. The van der Waals surface area contributed by atoms with Gasteiger partial charge in [0.15, 0.2) is 11.5 Å². The van der Waals surface area contributed by atoms with Gasteiger partial charge < -0.3 is 14.6 Å². The molecule has 0 amide bonds. The topological polar surface area (TPSA) is 102 Å². The van der Waals surface area contributed by atoms with Crippen molar-refractivity contribution >= 4 is 16.0 Å². The second kappa shape index (κ2) is 8.89. The first kappa shape index (κ1) is 20.2. The van der Waals surface area contributed by atoms with Crippen LogP contribution in [0, 0.1) is 5.92 Å². The lowest BCUT2D eigenvalue weighted by Gasteiger charge is -2.17. The molecule has 0 aromatic heterocycles. The van der Waals surface area contributed by atoms with Crippen molar-refractivity contribution in [1.29, 1.82) is 0 Å². The number of benzene rings is 1. The first-order valence-electron chi connectivity index (χ1n) is 7.86. The Bertz CT molecular complexity index is 657. The summed E-state index contributed by atoms with van der Waals surface area (Å²) in [5.41, 5.74) is 0. The molecule has 0 aliphatic rings. The van der Waals surface area contributed by atoms with E-state index in [1.165, 1.54) is 18.2 Å². The molecule has 0 aliphatic heterocycles. The minimum absolute atomic E-state index is 0.0353. The maximum Gasteiger partial charge on any atom is 0.321 e. The van der Waals surface area contributed by atoms with E-state index < -0.39 is 22.0 Å². The summed E-state index contributed by atoms with van der Waals surface area (Å²) in [5.74, 6) is -0.426. The van der Waals surface area contributed by atoms with Crippen LogP contribution in [0.4, 0.5) is 0 Å². The maximum absolute atomic E-state index is 12.5. The summed E-state index contributed by atoms with van der Waals surface area (Å²) in [7, 11) is -3.99. The Morgan fingerprint density at radius 3 is 2.25 bits per heavy atom. The molecule has 2 N–H and O–H groups in total. The number of aliphatic carboxylic acids is 1. The SMILES string of the molecule is CCOc1ccc(S(=O)(=O)N[C@H](CC(C)C)C(=O)O)cc1OCC. The third kappa shape index (κ3) is 5.68. The number of rotatable bonds is 10. The Morgan fingerprint density at radius 2 is 1.75 bits per heavy atom. The molecular formula is C16H25NO6S. The zero-order valence-corrected chi connectivity index (χ0v) is 15.2. The van der Waals surface area contributed by atoms with Crippen LogP contribution in [0.25, 0.3) is 0 Å². The predicted octanol–water partition coefficient (Wildman–Crippen LogP) is 2.26. The molecule has 0 saturated heterocycles. The van der Waals surface area contributed by atoms with Gasteiger partial charge in [0.1, 0.15) is 6.04 Å². The molecule has 0 spiro atoms. The summed E-state index contributed by atoms with van der Waals surface area (Å²) in [6, 6.07) is 3.02. The number of hydrogen-bond acceptors (Lipinski definition) is 5. The fourth-order valence-corrected chi connectivity index (χ4v) is 3.34. The quantitative estimate of drug-likeness (QED) is 0.664. The predicted molar refractivity (Wildman–Crippen MR) is 90.0 cm³/mol. The molecule has 1 atom stereocenters. The van der Waals surface area contributed by atoms with E-state index in [0.717, 1.165) is 0 Å². The fourth-order valence-electron chi connectivity index (χ4n) is 2.12. The normalized spacial score (nSPS) is 12.9. The Labute approximate surface area is 143 Å². The van der Waals surface area contributed by atoms with Crippen LogP contribution >= 0.6 is 0 Å². The molecule has 0 bridgehead atoms. The zero-order chi connectivity index (χ0) is 18.3. The average Bonchev–Trinajstić information content (AvgIpc) is 2.48. The van der Waals surface area contributed by atoms with Gasteiger partial charge in [0.2, 0.25) is 10.0 Å². The molecule has 1 rings (SSSR count). The van der Waals surface area contributed by atoms with Crippen LogP contribution in [0.2, 0.25) is 0 Å². The number of carbonyl (C=O) groups is 1. The van der Waals surface area contributed by atoms with Gasteiger partial charge in [0.05, 0.1) is 18.1 Å². The van der Waals surface area contributed by atoms with Crippen LogP contribution in [0.1, 0.15) is 34.1 Å². The number of hydrogen-bond donors (Lipinski definition) is 2. The van der Waals surface area contributed by atoms with Crippen molar-refractivity contribution in [2.24, 2.45) is 5.92 Å². The first-order chi connectivity index (χ1) is 11.2. The van der Waals surface area contributed by atoms with Gasteiger partial charge in [-0.3, -0.25) is 4.79 Å². The zero-order valence-electron chi connectivity index (χ0n) is 14.4. The van der Waals surface area contributed by atoms with Gasteiger partial charge in [-0.15, -0.1) is 0 Å². The van der Waals surface area contributed by atoms with Crippen LogP contribution < -0.4 is 14.2 Å². The van der Waals surface area contributed by atoms with Crippen molar-refractivity contribution < 1.29 is 27.8 Å². The molecule has 0 saturated carbocycles. The molecule has 0 heterocycles. The van der Waals surface area contributed by atoms with Crippen LogP contribution in [-0.2, 0) is 14.8 Å². The minimum Gasteiger partial charge on any atom is -0.490 e. The maximum atomic E-state index is 12.5. The van der Waals surface area contributed by atoms with E-state index in [9.17, 15) is 18.3 Å². The van der Waals surface area contributed by atoms with Crippen molar-refractivity contribution in [3.63, 3.8) is 0 Å². The van der Waals surface area contributed by atoms with Crippen LogP contribution in [0.5, 0.6) is 11.5 Å². The Morgan fingerprint density at radius 1 is 1.17 bits per heavy atom. The average molecular weight is 359 g/mol. The third-order valence-electron chi connectivity index (χ3n) is 3.13. The summed E-state index contributed by atoms with van der Waals surface area (Å²) < 4.78 is 38.0. The van der Waals surface area contributed by atoms with Crippen LogP contribution in [0.15, 0.2) is 23.1 Å². The molecule has 7 nitrogen and oxygen atoms in total. The van der Waals surface area contributed by atoms with E-state index in [2.05, 4.69) is 4.72 Å². The molecular weight excluding hydrogens is 334 g/mol. The molecule has 136 valence electrons. The van der Waals surface area contributed by atoms with E-state index in [0.29, 0.717) is 24.7 Å². The van der Waals surface area contributed by atoms with Gasteiger partial charge >= 0.3 is 5.97 Å². The van der Waals surface area contributed by atoms with E-state index in [1.807, 2.05) is 20.8 Å². The van der Waals surface area contributed by atoms with E-state index in [4.69, 9.17) is 9.47 Å². The number of ether oxygens (including phenoxy) is 2. The number of sulfonamides is 1. The summed E-state index contributed by atoms with van der Waals surface area (Å²) in [4.78, 5) is 11.2. The van der Waals surface area contributed by atoms with Crippen molar-refractivity contribution in [2.45, 2.75) is 45.1 Å². The number of carboxylic acid groups (broad SMARTS) is 1. The smallest absolute Gasteiger partial charge is 0.321 e. The van der Waals surface area contributed by atoms with Crippen molar-refractivity contribution in [1.82, 2.24) is 4.72 Å². The molecule has 1 aromatic carbocycles. The second-order valence-corrected chi connectivity index (χ2v) is 7.33. The largest absolute Gasteiger partial charge is 0.490 e. The monoisotopic (exact) mass is 359 g/mol. The Balaban J connectivity index is 3.12. The van der Waals surface area contributed by atoms with E-state index in [-0.39, 0.29) is 17.2 Å². The van der Waals surface area contributed by atoms with Gasteiger partial charge in [0.25, 0.3) is 0 Å². The van der Waals surface area contributed by atoms with E-state index in [1.54, 1.807) is 6.92 Å². The van der Waals surface area contributed by atoms with Crippen molar-refractivity contribution in [2.75, 3.05) is 13.2 Å². The highest BCUT2D eigenvalue weighted by atomic mass is 32.2. The van der Waals surface area contributed by atoms with Gasteiger partial charge in [0, 0.05) is 6.07 Å². The lowest BCUT2D eigenvalue weighted by Crippen LogP contribution is -2.41. The summed E-state index contributed by atoms with van der Waals surface area (Å²) >= 11 is 0. The third-order valence-corrected chi connectivity index (χ3v) is 4.60. The molecule has 0 unspecified atom stereocenters. The van der Waals surface area contributed by atoms with Crippen molar-refractivity contribution in [3.05, 3.63) is 18.2 Å². The van der Waals surface area contributed by atoms with E-state index >= 15 is 0 Å². The highest BCUT2D eigenvalue weighted by Gasteiger charge is 2.27. The van der Waals surface area contributed by atoms with Crippen LogP contribution in [-0.4, -0.2) is 38.7 Å². The highest BCUT2D eigenvalue weighted by molar-refractivity contribution is 7.89. The second-order valence-electron chi connectivity index (χ2n) is 5.62. The molecule has 1 aromatic rings. The lowest BCUT2D eigenvalue weighted by atomic mass is 10.1. The lowest BCUT2D eigenvalue weighted by molar-refractivity contribution is -0.139. The van der Waals surface area contributed by atoms with Gasteiger partial charge in [-0.05, 0) is 38.3 Å². The van der Waals surface area contributed by atoms with Crippen molar-refractivity contribution in [3.8, 4) is 11.5 Å². The Kier molecular flexibility index (Phi) is 7.50. The fraction of sp³-hybridized carbons (Fsp3) is 0.562. The minimum atomic E-state index is -3.99. The highest BCUT2D eigenvalue weighted by Crippen LogP contribution is 2.30. The first-order valence-corrected chi connectivity index (χ1v) is 9.34. The summed E-state index contributed by atoms with van der Waals surface area (Å²) in [5, 5.41) is 9.21. The Hall–Kier alpha value is -1.80. The molecule has 0 fully saturated rings. The van der Waals surface area contributed by atoms with Gasteiger partial charge in [-0.1, -0.05) is 13.8 Å². The number of nitrogens with one attached hydrogen (secondary N) is 1. The van der Waals surface area contributed by atoms with Crippen LogP contribution in [0.3, 0.4) is 0 Å². The molecule has 0 aliphatic carbocycles. The number of carboxylic acids is 1. The standard InChI is InChI=1S/C16H25NO6S/c1-5-22-14-8-7-12(10-15(14)23-6-2)24(20,21)17-13(16(18)19)9-11(3)4/h7-8,10-11,13,17H,5-6,9H2,1-4H3,(H,18,19)/t13-/m1/s1. The molecule has 8 heteroatoms. The summed E-state index contributed by atoms with van der Waals surface area (Å²) in [6.07, 6.45) is 0.198. The molecule has 24 heavy (non-hydrogen) atoms. The van der Waals surface area contributed by atoms with Gasteiger partial charge in [-0.25, -0.2) is 8.42 Å². The van der Waals surface area contributed by atoms with Gasteiger partial charge in [-0.2, -0.15) is 4.72 Å².